The Morgan fingerprint density at radius 2 is 1.86 bits per heavy atom. The maximum Gasteiger partial charge on any atom is 0.229 e. The average molecular weight is 465 g/mol. The van der Waals surface area contributed by atoms with Gasteiger partial charge in [0.15, 0.2) is 0 Å². The summed E-state index contributed by atoms with van der Waals surface area (Å²) >= 11 is 20.5. The molecule has 1 amide bonds. The van der Waals surface area contributed by atoms with Crippen molar-refractivity contribution in [3.05, 3.63) is 73.2 Å². The molecule has 0 aliphatic carbocycles. The Kier molecular flexibility index (Phi) is 5.72. The van der Waals surface area contributed by atoms with Crippen LogP contribution < -0.4 is 4.90 Å². The fraction of sp³-hybridized carbons (Fsp3) is 0.238. The zero-order valence-corrected chi connectivity index (χ0v) is 18.5. The van der Waals surface area contributed by atoms with Gasteiger partial charge >= 0.3 is 0 Å². The molecule has 0 unspecified atom stereocenters. The first kappa shape index (κ1) is 20.4. The monoisotopic (exact) mass is 463 g/mol. The highest BCUT2D eigenvalue weighted by Crippen LogP contribution is 2.46. The maximum absolute atomic E-state index is 13.0. The number of fused-ring (bicyclic) bond motifs is 1. The van der Waals surface area contributed by atoms with E-state index in [2.05, 4.69) is 11.0 Å². The van der Waals surface area contributed by atoms with Gasteiger partial charge in [0.05, 0.1) is 29.2 Å². The van der Waals surface area contributed by atoms with Crippen LogP contribution in [0.4, 0.5) is 5.69 Å². The second kappa shape index (κ2) is 8.12. The SMILES string of the molecule is Cc1ccc(N2CSC3=C(C#N)[C@@H](c4c(Cl)cccc4Cl)CC(=O)N3C2)cc1Cl. The van der Waals surface area contributed by atoms with Crippen LogP contribution in [0.3, 0.4) is 0 Å². The number of halogens is 3. The lowest BCUT2D eigenvalue weighted by Gasteiger charge is -2.42. The minimum Gasteiger partial charge on any atom is -0.344 e. The number of hydrogen-bond acceptors (Lipinski definition) is 4. The predicted octanol–water partition coefficient (Wildman–Crippen LogP) is 6.17. The van der Waals surface area contributed by atoms with E-state index < -0.39 is 5.92 Å². The van der Waals surface area contributed by atoms with Gasteiger partial charge in [0, 0.05) is 33.1 Å². The molecule has 0 bridgehead atoms. The first-order valence-electron chi connectivity index (χ1n) is 8.93. The van der Waals surface area contributed by atoms with E-state index in [1.54, 1.807) is 23.1 Å². The van der Waals surface area contributed by atoms with Gasteiger partial charge in [-0.05, 0) is 42.3 Å². The normalized spacial score (nSPS) is 19.3. The van der Waals surface area contributed by atoms with Crippen LogP contribution in [-0.2, 0) is 4.79 Å². The molecule has 2 aromatic carbocycles. The second-order valence-corrected chi connectivity index (χ2v) is 9.09. The summed E-state index contributed by atoms with van der Waals surface area (Å²) < 4.78 is 0. The van der Waals surface area contributed by atoms with E-state index in [0.29, 0.717) is 43.8 Å². The number of carbonyl (C=O) groups is 1. The number of thioether (sulfide) groups is 1. The van der Waals surface area contributed by atoms with Gasteiger partial charge in [0.1, 0.15) is 0 Å². The molecule has 4 rings (SSSR count). The number of aryl methyl sites for hydroxylation is 1. The molecule has 1 fully saturated rings. The van der Waals surface area contributed by atoms with Crippen molar-refractivity contribution in [2.75, 3.05) is 17.4 Å². The second-order valence-electron chi connectivity index (χ2n) is 6.93. The van der Waals surface area contributed by atoms with Gasteiger partial charge in [0.2, 0.25) is 5.91 Å². The van der Waals surface area contributed by atoms with E-state index in [-0.39, 0.29) is 12.3 Å². The molecule has 2 heterocycles. The van der Waals surface area contributed by atoms with Gasteiger partial charge < -0.3 is 4.90 Å². The fourth-order valence-corrected chi connectivity index (χ4v) is 5.60. The van der Waals surface area contributed by atoms with Gasteiger partial charge in [-0.3, -0.25) is 9.69 Å². The minimum absolute atomic E-state index is 0.0598. The first-order chi connectivity index (χ1) is 13.9. The molecular weight excluding hydrogens is 449 g/mol. The van der Waals surface area contributed by atoms with Crippen molar-refractivity contribution in [2.24, 2.45) is 0 Å². The average Bonchev–Trinajstić information content (AvgIpc) is 2.70. The third-order valence-corrected chi connectivity index (χ3v) is 7.38. The summed E-state index contributed by atoms with van der Waals surface area (Å²) in [5, 5.41) is 12.2. The number of nitriles is 1. The van der Waals surface area contributed by atoms with Crippen molar-refractivity contribution in [3.8, 4) is 6.07 Å². The molecule has 0 radical (unpaired) electrons. The summed E-state index contributed by atoms with van der Waals surface area (Å²) in [6, 6.07) is 13.4. The largest absolute Gasteiger partial charge is 0.344 e. The van der Waals surface area contributed by atoms with Crippen LogP contribution in [0.15, 0.2) is 47.0 Å². The molecule has 29 heavy (non-hydrogen) atoms. The van der Waals surface area contributed by atoms with Crippen LogP contribution in [0.25, 0.3) is 0 Å². The summed E-state index contributed by atoms with van der Waals surface area (Å²) in [4.78, 5) is 16.8. The number of allylic oxidation sites excluding steroid dienone is 1. The topological polar surface area (TPSA) is 47.3 Å². The number of hydrogen-bond donors (Lipinski definition) is 0. The molecule has 2 aromatic rings. The van der Waals surface area contributed by atoms with Gasteiger partial charge in [-0.2, -0.15) is 5.26 Å². The summed E-state index contributed by atoms with van der Waals surface area (Å²) in [6.45, 7) is 2.32. The summed E-state index contributed by atoms with van der Waals surface area (Å²) in [5.41, 5.74) is 3.11. The highest BCUT2D eigenvalue weighted by Gasteiger charge is 2.39. The molecule has 0 N–H and O–H groups in total. The van der Waals surface area contributed by atoms with Gasteiger partial charge in [-0.1, -0.05) is 58.7 Å². The van der Waals surface area contributed by atoms with Crippen molar-refractivity contribution >= 4 is 58.2 Å². The van der Waals surface area contributed by atoms with Gasteiger partial charge in [-0.15, -0.1) is 0 Å². The Hall–Kier alpha value is -1.84. The summed E-state index contributed by atoms with van der Waals surface area (Å²) in [6.07, 6.45) is 0.152. The number of amides is 1. The standard InChI is InChI=1S/C21H16Cl3N3OS/c1-12-5-6-13(7-18(12)24)26-10-27-19(28)8-14(15(9-25)21(27)29-11-26)20-16(22)3-2-4-17(20)23/h2-7,14H,8,10-11H2,1H3/t14-/m0/s1. The van der Waals surface area contributed by atoms with Crippen molar-refractivity contribution < 1.29 is 4.79 Å². The Bertz CT molecular complexity index is 1060. The molecule has 8 heteroatoms. The quantitative estimate of drug-likeness (QED) is 0.533. The third kappa shape index (κ3) is 3.71. The number of anilines is 1. The zero-order valence-electron chi connectivity index (χ0n) is 15.5. The molecule has 0 aromatic heterocycles. The van der Waals surface area contributed by atoms with E-state index in [9.17, 15) is 10.1 Å². The van der Waals surface area contributed by atoms with Crippen molar-refractivity contribution in [3.63, 3.8) is 0 Å². The zero-order chi connectivity index (χ0) is 20.7. The van der Waals surface area contributed by atoms with E-state index in [0.717, 1.165) is 11.3 Å². The van der Waals surface area contributed by atoms with Crippen molar-refractivity contribution in [1.29, 1.82) is 5.26 Å². The molecule has 4 nitrogen and oxygen atoms in total. The van der Waals surface area contributed by atoms with Crippen LogP contribution in [0, 0.1) is 18.3 Å². The Balaban J connectivity index is 1.70. The van der Waals surface area contributed by atoms with E-state index >= 15 is 0 Å². The highest BCUT2D eigenvalue weighted by atomic mass is 35.5. The molecule has 2 aliphatic heterocycles. The Morgan fingerprint density at radius 1 is 1.14 bits per heavy atom. The smallest absolute Gasteiger partial charge is 0.229 e. The Labute approximate surface area is 188 Å². The summed E-state index contributed by atoms with van der Waals surface area (Å²) in [7, 11) is 0. The van der Waals surface area contributed by atoms with Crippen LogP contribution in [0.5, 0.6) is 0 Å². The van der Waals surface area contributed by atoms with Crippen LogP contribution in [0.2, 0.25) is 15.1 Å². The molecule has 148 valence electrons. The third-order valence-electron chi connectivity index (χ3n) is 5.16. The predicted molar refractivity (Wildman–Crippen MR) is 119 cm³/mol. The number of benzene rings is 2. The van der Waals surface area contributed by atoms with Crippen molar-refractivity contribution in [1.82, 2.24) is 4.90 Å². The van der Waals surface area contributed by atoms with Gasteiger partial charge in [0.25, 0.3) is 0 Å². The molecule has 1 saturated heterocycles. The lowest BCUT2D eigenvalue weighted by Crippen LogP contribution is -2.47. The first-order valence-corrected chi connectivity index (χ1v) is 11.0. The maximum atomic E-state index is 13.0. The molecule has 2 aliphatic rings. The molecular formula is C21H16Cl3N3OS. The molecule has 0 saturated carbocycles. The lowest BCUT2D eigenvalue weighted by molar-refractivity contribution is -0.129. The molecule has 1 atom stereocenters. The number of carbonyl (C=O) groups excluding carboxylic acids is 1. The van der Waals surface area contributed by atoms with E-state index in [4.69, 9.17) is 34.8 Å². The molecule has 0 spiro atoms. The lowest BCUT2D eigenvalue weighted by atomic mass is 9.86. The number of rotatable bonds is 2. The number of nitrogens with zero attached hydrogens (tertiary/aromatic N) is 3. The van der Waals surface area contributed by atoms with E-state index in [1.165, 1.54) is 11.8 Å². The van der Waals surface area contributed by atoms with Crippen LogP contribution in [-0.4, -0.2) is 23.4 Å². The van der Waals surface area contributed by atoms with Crippen LogP contribution in [0.1, 0.15) is 23.5 Å². The van der Waals surface area contributed by atoms with Crippen molar-refractivity contribution in [2.45, 2.75) is 19.3 Å². The van der Waals surface area contributed by atoms with Crippen LogP contribution >= 0.6 is 46.6 Å². The fourth-order valence-electron chi connectivity index (χ4n) is 3.59. The summed E-state index contributed by atoms with van der Waals surface area (Å²) in [5.74, 6) is 0.107. The highest BCUT2D eigenvalue weighted by molar-refractivity contribution is 8.03. The Morgan fingerprint density at radius 3 is 2.52 bits per heavy atom. The minimum atomic E-state index is -0.437. The van der Waals surface area contributed by atoms with E-state index in [1.807, 2.05) is 25.1 Å². The van der Waals surface area contributed by atoms with Gasteiger partial charge in [-0.25, -0.2) is 0 Å².